The fourth-order valence-electron chi connectivity index (χ4n) is 1.89. The van der Waals surface area contributed by atoms with E-state index >= 15 is 0 Å². The smallest absolute Gasteiger partial charge is 0.331 e. The lowest BCUT2D eigenvalue weighted by molar-refractivity contribution is -0.142. The average molecular weight is 329 g/mol. The molecule has 2 aromatic carbocycles. The molecule has 1 N–H and O–H groups in total. The standard InChI is InChI=1S/C18H16FNO4/c1-23-16-9-5-4-8-15(16)20-17(21)12-24-18(22)11-10-13-6-2-3-7-14(13)19/h2-11H,12H2,1H3,(H,20,21)/b11-10+. The maximum absolute atomic E-state index is 13.4. The molecular weight excluding hydrogens is 313 g/mol. The average Bonchev–Trinajstić information content (AvgIpc) is 2.59. The van der Waals surface area contributed by atoms with Gasteiger partial charge in [-0.05, 0) is 24.3 Å². The Morgan fingerprint density at radius 1 is 1.12 bits per heavy atom. The second kappa shape index (κ2) is 8.47. The summed E-state index contributed by atoms with van der Waals surface area (Å²) < 4.78 is 23.3. The minimum absolute atomic E-state index is 0.257. The highest BCUT2D eigenvalue weighted by atomic mass is 19.1. The Labute approximate surface area is 138 Å². The van der Waals surface area contributed by atoms with Gasteiger partial charge in [0.2, 0.25) is 0 Å². The number of hydrogen-bond donors (Lipinski definition) is 1. The van der Waals surface area contributed by atoms with Crippen LogP contribution in [0, 0.1) is 5.82 Å². The number of halogens is 1. The monoisotopic (exact) mass is 329 g/mol. The van der Waals surface area contributed by atoms with Crippen molar-refractivity contribution in [2.75, 3.05) is 19.0 Å². The summed E-state index contributed by atoms with van der Waals surface area (Å²) >= 11 is 0. The normalized spacial score (nSPS) is 10.4. The minimum Gasteiger partial charge on any atom is -0.495 e. The van der Waals surface area contributed by atoms with Gasteiger partial charge in [-0.3, -0.25) is 4.79 Å². The molecule has 0 saturated heterocycles. The highest BCUT2D eigenvalue weighted by molar-refractivity contribution is 5.95. The molecule has 0 spiro atoms. The van der Waals surface area contributed by atoms with Crippen LogP contribution in [0.3, 0.4) is 0 Å². The SMILES string of the molecule is COc1ccccc1NC(=O)COC(=O)/C=C/c1ccccc1F. The van der Waals surface area contributed by atoms with E-state index in [1.54, 1.807) is 36.4 Å². The third kappa shape index (κ3) is 4.95. The van der Waals surface area contributed by atoms with Gasteiger partial charge in [-0.1, -0.05) is 30.3 Å². The van der Waals surface area contributed by atoms with Crippen molar-refractivity contribution in [2.24, 2.45) is 0 Å². The van der Waals surface area contributed by atoms with Gasteiger partial charge in [-0.15, -0.1) is 0 Å². The van der Waals surface area contributed by atoms with Crippen molar-refractivity contribution in [3.05, 3.63) is 66.0 Å². The molecule has 124 valence electrons. The van der Waals surface area contributed by atoms with Crippen molar-refractivity contribution in [1.82, 2.24) is 0 Å². The molecular formula is C18H16FNO4. The number of esters is 1. The molecule has 0 fully saturated rings. The first-order chi connectivity index (χ1) is 11.6. The number of methoxy groups -OCH3 is 1. The molecule has 0 bridgehead atoms. The largest absolute Gasteiger partial charge is 0.495 e. The van der Waals surface area contributed by atoms with Gasteiger partial charge in [0, 0.05) is 11.6 Å². The van der Waals surface area contributed by atoms with Crippen LogP contribution in [0.5, 0.6) is 5.75 Å². The van der Waals surface area contributed by atoms with Crippen molar-refractivity contribution < 1.29 is 23.5 Å². The Hall–Kier alpha value is -3.15. The van der Waals surface area contributed by atoms with Gasteiger partial charge < -0.3 is 14.8 Å². The first-order valence-electron chi connectivity index (χ1n) is 7.12. The summed E-state index contributed by atoms with van der Waals surface area (Å²) in [7, 11) is 1.48. The molecule has 0 aliphatic rings. The summed E-state index contributed by atoms with van der Waals surface area (Å²) in [4.78, 5) is 23.4. The van der Waals surface area contributed by atoms with Gasteiger partial charge in [0.15, 0.2) is 6.61 Å². The van der Waals surface area contributed by atoms with E-state index in [0.29, 0.717) is 11.4 Å². The third-order valence-corrected chi connectivity index (χ3v) is 3.03. The number of ether oxygens (including phenoxy) is 2. The Morgan fingerprint density at radius 3 is 2.58 bits per heavy atom. The van der Waals surface area contributed by atoms with Gasteiger partial charge in [-0.2, -0.15) is 0 Å². The molecule has 5 nitrogen and oxygen atoms in total. The van der Waals surface area contributed by atoms with E-state index in [9.17, 15) is 14.0 Å². The number of nitrogens with one attached hydrogen (secondary N) is 1. The molecule has 2 aromatic rings. The number of carbonyl (C=O) groups is 2. The maximum Gasteiger partial charge on any atom is 0.331 e. The highest BCUT2D eigenvalue weighted by Crippen LogP contribution is 2.22. The summed E-state index contributed by atoms with van der Waals surface area (Å²) in [5.74, 6) is -1.20. The number of anilines is 1. The van der Waals surface area contributed by atoms with E-state index in [4.69, 9.17) is 9.47 Å². The van der Waals surface area contributed by atoms with Crippen LogP contribution in [0.2, 0.25) is 0 Å². The van der Waals surface area contributed by atoms with Crippen LogP contribution < -0.4 is 10.1 Å². The van der Waals surface area contributed by atoms with E-state index < -0.39 is 24.3 Å². The fourth-order valence-corrected chi connectivity index (χ4v) is 1.89. The van der Waals surface area contributed by atoms with Crippen LogP contribution in [0.1, 0.15) is 5.56 Å². The summed E-state index contributed by atoms with van der Waals surface area (Å²) in [6, 6.07) is 12.9. The van der Waals surface area contributed by atoms with Gasteiger partial charge in [0.25, 0.3) is 5.91 Å². The van der Waals surface area contributed by atoms with Gasteiger partial charge in [0.05, 0.1) is 12.8 Å². The number of carbonyl (C=O) groups excluding carboxylic acids is 2. The van der Waals surface area contributed by atoms with Crippen molar-refractivity contribution in [2.45, 2.75) is 0 Å². The Morgan fingerprint density at radius 2 is 1.83 bits per heavy atom. The van der Waals surface area contributed by atoms with Crippen LogP contribution in [-0.2, 0) is 14.3 Å². The predicted molar refractivity (Wildman–Crippen MR) is 88.0 cm³/mol. The van der Waals surface area contributed by atoms with Crippen LogP contribution in [-0.4, -0.2) is 25.6 Å². The molecule has 0 unspecified atom stereocenters. The molecule has 0 aliphatic carbocycles. The zero-order valence-electron chi connectivity index (χ0n) is 13.0. The van der Waals surface area contributed by atoms with E-state index in [-0.39, 0.29) is 5.56 Å². The highest BCUT2D eigenvalue weighted by Gasteiger charge is 2.09. The van der Waals surface area contributed by atoms with E-state index in [1.807, 2.05) is 0 Å². The number of rotatable bonds is 6. The van der Waals surface area contributed by atoms with Crippen molar-refractivity contribution in [1.29, 1.82) is 0 Å². The topological polar surface area (TPSA) is 64.6 Å². The lowest BCUT2D eigenvalue weighted by Gasteiger charge is -2.09. The van der Waals surface area contributed by atoms with Crippen molar-refractivity contribution >= 4 is 23.6 Å². The lowest BCUT2D eigenvalue weighted by Crippen LogP contribution is -2.20. The Bertz CT molecular complexity index is 758. The van der Waals surface area contributed by atoms with E-state index in [2.05, 4.69) is 5.32 Å². The third-order valence-electron chi connectivity index (χ3n) is 3.03. The van der Waals surface area contributed by atoms with Gasteiger partial charge >= 0.3 is 5.97 Å². The van der Waals surface area contributed by atoms with Crippen LogP contribution in [0.4, 0.5) is 10.1 Å². The first kappa shape index (κ1) is 17.2. The molecule has 0 aliphatic heterocycles. The Kier molecular flexibility index (Phi) is 6.08. The molecule has 24 heavy (non-hydrogen) atoms. The van der Waals surface area contributed by atoms with Gasteiger partial charge in [0.1, 0.15) is 11.6 Å². The van der Waals surface area contributed by atoms with E-state index in [0.717, 1.165) is 6.08 Å². The quantitative estimate of drug-likeness (QED) is 0.653. The predicted octanol–water partition coefficient (Wildman–Crippen LogP) is 3.03. The molecule has 2 rings (SSSR count). The zero-order valence-corrected chi connectivity index (χ0v) is 13.0. The molecule has 1 amide bonds. The molecule has 6 heteroatoms. The summed E-state index contributed by atoms with van der Waals surface area (Å²) in [6.45, 7) is -0.460. The van der Waals surface area contributed by atoms with Crippen molar-refractivity contribution in [3.8, 4) is 5.75 Å². The van der Waals surface area contributed by atoms with Crippen LogP contribution >= 0.6 is 0 Å². The summed E-state index contributed by atoms with van der Waals surface area (Å²) in [6.07, 6.45) is 2.35. The molecule has 0 saturated carbocycles. The summed E-state index contributed by atoms with van der Waals surface area (Å²) in [5.41, 5.74) is 0.732. The second-order valence-corrected chi connectivity index (χ2v) is 4.71. The fraction of sp³-hybridized carbons (Fsp3) is 0.111. The van der Waals surface area contributed by atoms with Crippen LogP contribution in [0.15, 0.2) is 54.6 Å². The molecule has 0 aromatic heterocycles. The summed E-state index contributed by atoms with van der Waals surface area (Å²) in [5, 5.41) is 2.57. The number of amides is 1. The number of para-hydroxylation sites is 2. The van der Waals surface area contributed by atoms with E-state index in [1.165, 1.54) is 25.3 Å². The molecule has 0 atom stereocenters. The maximum atomic E-state index is 13.4. The lowest BCUT2D eigenvalue weighted by atomic mass is 10.2. The first-order valence-corrected chi connectivity index (χ1v) is 7.12. The van der Waals surface area contributed by atoms with Crippen molar-refractivity contribution in [3.63, 3.8) is 0 Å². The Balaban J connectivity index is 1.85. The zero-order chi connectivity index (χ0) is 17.4. The second-order valence-electron chi connectivity index (χ2n) is 4.71. The number of benzene rings is 2. The minimum atomic E-state index is -0.742. The molecule has 0 heterocycles. The van der Waals surface area contributed by atoms with Crippen LogP contribution in [0.25, 0.3) is 6.08 Å². The van der Waals surface area contributed by atoms with Gasteiger partial charge in [-0.25, -0.2) is 9.18 Å². The number of hydrogen-bond acceptors (Lipinski definition) is 4. The molecule has 0 radical (unpaired) electrons.